The molecule has 3 heterocycles. The fourth-order valence-corrected chi connectivity index (χ4v) is 2.86. The first-order valence-corrected chi connectivity index (χ1v) is 6.08. The summed E-state index contributed by atoms with van der Waals surface area (Å²) in [6.07, 6.45) is 3.87. The average molecular weight is 236 g/mol. The van der Waals surface area contributed by atoms with Crippen LogP contribution < -0.4 is 5.73 Å². The summed E-state index contributed by atoms with van der Waals surface area (Å²) in [7, 11) is 0. The summed E-state index contributed by atoms with van der Waals surface area (Å²) in [4.78, 5) is 10.8. The molecule has 6 heteroatoms. The second kappa shape index (κ2) is 3.04. The van der Waals surface area contributed by atoms with Crippen LogP contribution in [-0.4, -0.2) is 14.4 Å². The maximum absolute atomic E-state index is 5.85. The summed E-state index contributed by atoms with van der Waals surface area (Å²) < 4.78 is 2.03. The second-order valence-corrected chi connectivity index (χ2v) is 5.30. The topological polar surface area (TPSA) is 56.2 Å². The van der Waals surface area contributed by atoms with Crippen molar-refractivity contribution in [3.8, 4) is 11.4 Å². The van der Waals surface area contributed by atoms with E-state index in [1.807, 2.05) is 10.6 Å². The molecule has 3 rings (SSSR count). The lowest BCUT2D eigenvalue weighted by Gasteiger charge is -1.94. The third-order valence-electron chi connectivity index (χ3n) is 2.16. The smallest absolute Gasteiger partial charge is 0.194 e. The Morgan fingerprint density at radius 1 is 1.40 bits per heavy atom. The van der Waals surface area contributed by atoms with Crippen molar-refractivity contribution >= 4 is 32.6 Å². The molecule has 4 nitrogen and oxygen atoms in total. The van der Waals surface area contributed by atoms with E-state index in [1.54, 1.807) is 16.8 Å². The molecule has 0 amide bonds. The number of anilines is 1. The lowest BCUT2D eigenvalue weighted by Crippen LogP contribution is -1.88. The van der Waals surface area contributed by atoms with Crippen molar-refractivity contribution in [1.29, 1.82) is 0 Å². The van der Waals surface area contributed by atoms with Gasteiger partial charge in [0.25, 0.3) is 0 Å². The first kappa shape index (κ1) is 8.87. The molecule has 0 aliphatic heterocycles. The fourth-order valence-electron chi connectivity index (χ4n) is 1.52. The maximum Gasteiger partial charge on any atom is 0.194 e. The Bertz CT molecular complexity index is 619. The molecule has 0 bridgehead atoms. The highest BCUT2D eigenvalue weighted by molar-refractivity contribution is 7.17. The normalized spacial score (nSPS) is 11.3. The summed E-state index contributed by atoms with van der Waals surface area (Å²) in [5, 5.41) is 0.737. The number of aromatic nitrogens is 3. The highest BCUT2D eigenvalue weighted by Crippen LogP contribution is 2.30. The van der Waals surface area contributed by atoms with Crippen LogP contribution in [0.25, 0.3) is 16.3 Å². The molecule has 0 atom stereocenters. The van der Waals surface area contributed by atoms with E-state index in [0.29, 0.717) is 0 Å². The number of fused-ring (bicyclic) bond motifs is 1. The maximum atomic E-state index is 5.85. The largest absolute Gasteiger partial charge is 0.389 e. The SMILES string of the molecule is Cc1cn2c(-c3ncsc3N)cnc2s1. The van der Waals surface area contributed by atoms with Crippen molar-refractivity contribution in [2.45, 2.75) is 6.92 Å². The highest BCUT2D eigenvalue weighted by atomic mass is 32.1. The van der Waals surface area contributed by atoms with E-state index in [1.165, 1.54) is 16.2 Å². The number of rotatable bonds is 1. The van der Waals surface area contributed by atoms with Crippen LogP contribution in [0.1, 0.15) is 4.88 Å². The van der Waals surface area contributed by atoms with Gasteiger partial charge >= 0.3 is 0 Å². The van der Waals surface area contributed by atoms with Gasteiger partial charge in [0, 0.05) is 11.1 Å². The molecule has 15 heavy (non-hydrogen) atoms. The van der Waals surface area contributed by atoms with E-state index in [4.69, 9.17) is 5.73 Å². The Kier molecular flexibility index (Phi) is 1.80. The molecule has 0 radical (unpaired) electrons. The highest BCUT2D eigenvalue weighted by Gasteiger charge is 2.12. The van der Waals surface area contributed by atoms with Gasteiger partial charge in [0.15, 0.2) is 4.96 Å². The zero-order valence-electron chi connectivity index (χ0n) is 7.97. The van der Waals surface area contributed by atoms with Crippen LogP contribution in [0.3, 0.4) is 0 Å². The van der Waals surface area contributed by atoms with Crippen LogP contribution in [0.2, 0.25) is 0 Å². The zero-order valence-corrected chi connectivity index (χ0v) is 9.60. The lowest BCUT2D eigenvalue weighted by atomic mass is 10.3. The van der Waals surface area contributed by atoms with Gasteiger partial charge in [-0.05, 0) is 6.92 Å². The molecule has 0 spiro atoms. The molecule has 0 unspecified atom stereocenters. The first-order valence-electron chi connectivity index (χ1n) is 4.38. The van der Waals surface area contributed by atoms with Crippen molar-refractivity contribution in [3.05, 3.63) is 22.8 Å². The molecule has 0 aliphatic rings. The predicted molar refractivity (Wildman–Crippen MR) is 63.3 cm³/mol. The van der Waals surface area contributed by atoms with Gasteiger partial charge in [-0.2, -0.15) is 0 Å². The molecule has 0 aromatic carbocycles. The molecular formula is C9H8N4S2. The molecular weight excluding hydrogens is 228 g/mol. The molecule has 0 fully saturated rings. The van der Waals surface area contributed by atoms with Gasteiger partial charge in [0.2, 0.25) is 0 Å². The minimum atomic E-state index is 0.737. The van der Waals surface area contributed by atoms with Crippen LogP contribution in [0.15, 0.2) is 17.9 Å². The van der Waals surface area contributed by atoms with Gasteiger partial charge in [-0.3, -0.25) is 4.40 Å². The Hall–Kier alpha value is -1.40. The van der Waals surface area contributed by atoms with Crippen LogP contribution >= 0.6 is 22.7 Å². The van der Waals surface area contributed by atoms with E-state index < -0.39 is 0 Å². The molecule has 76 valence electrons. The third-order valence-corrected chi connectivity index (χ3v) is 3.73. The van der Waals surface area contributed by atoms with Gasteiger partial charge in [0.1, 0.15) is 10.7 Å². The second-order valence-electron chi connectivity index (χ2n) is 3.20. The Balaban J connectivity index is 2.31. The number of nitrogens with two attached hydrogens (primary N) is 1. The zero-order chi connectivity index (χ0) is 10.4. The number of thiazole rings is 2. The molecule has 3 aromatic rings. The number of nitrogens with zero attached hydrogens (tertiary/aromatic N) is 3. The number of imidazole rings is 1. The monoisotopic (exact) mass is 236 g/mol. The van der Waals surface area contributed by atoms with Gasteiger partial charge in [-0.1, -0.05) is 0 Å². The summed E-state index contributed by atoms with van der Waals surface area (Å²) in [5.74, 6) is 0. The summed E-state index contributed by atoms with van der Waals surface area (Å²) in [5.41, 5.74) is 9.39. The van der Waals surface area contributed by atoms with Crippen molar-refractivity contribution in [2.75, 3.05) is 5.73 Å². The van der Waals surface area contributed by atoms with Crippen LogP contribution in [-0.2, 0) is 0 Å². The Morgan fingerprint density at radius 2 is 2.27 bits per heavy atom. The molecule has 0 saturated carbocycles. The van der Waals surface area contributed by atoms with E-state index in [0.717, 1.165) is 21.3 Å². The molecule has 0 aliphatic carbocycles. The molecule has 3 aromatic heterocycles. The van der Waals surface area contributed by atoms with Crippen LogP contribution in [0.4, 0.5) is 5.00 Å². The predicted octanol–water partition coefficient (Wildman–Crippen LogP) is 2.41. The van der Waals surface area contributed by atoms with Gasteiger partial charge in [-0.15, -0.1) is 22.7 Å². The lowest BCUT2D eigenvalue weighted by molar-refractivity contribution is 1.20. The standard InChI is InChI=1S/C9H8N4S2/c1-5-3-13-6(2-11-9(13)15-5)7-8(10)14-4-12-7/h2-4H,10H2,1H3. The fraction of sp³-hybridized carbons (Fsp3) is 0.111. The minimum absolute atomic E-state index is 0.737. The summed E-state index contributed by atoms with van der Waals surface area (Å²) >= 11 is 3.11. The van der Waals surface area contributed by atoms with E-state index >= 15 is 0 Å². The van der Waals surface area contributed by atoms with Crippen LogP contribution in [0, 0.1) is 6.92 Å². The van der Waals surface area contributed by atoms with Gasteiger partial charge in [-0.25, -0.2) is 9.97 Å². The Labute approximate surface area is 94.0 Å². The third kappa shape index (κ3) is 1.25. The number of hydrogen-bond acceptors (Lipinski definition) is 5. The summed E-state index contributed by atoms with van der Waals surface area (Å²) in [6.45, 7) is 2.06. The van der Waals surface area contributed by atoms with Crippen molar-refractivity contribution < 1.29 is 0 Å². The number of hydrogen-bond donors (Lipinski definition) is 1. The van der Waals surface area contributed by atoms with E-state index in [2.05, 4.69) is 23.1 Å². The first-order chi connectivity index (χ1) is 7.25. The summed E-state index contributed by atoms with van der Waals surface area (Å²) in [6, 6.07) is 0. The van der Waals surface area contributed by atoms with Crippen molar-refractivity contribution in [2.24, 2.45) is 0 Å². The van der Waals surface area contributed by atoms with Crippen molar-refractivity contribution in [1.82, 2.24) is 14.4 Å². The number of nitrogen functional groups attached to an aromatic ring is 1. The van der Waals surface area contributed by atoms with E-state index in [-0.39, 0.29) is 0 Å². The van der Waals surface area contributed by atoms with E-state index in [9.17, 15) is 0 Å². The quantitative estimate of drug-likeness (QED) is 0.706. The van der Waals surface area contributed by atoms with Gasteiger partial charge in [0.05, 0.1) is 17.4 Å². The van der Waals surface area contributed by atoms with Gasteiger partial charge < -0.3 is 5.73 Å². The molecule has 2 N–H and O–H groups in total. The Morgan fingerprint density at radius 3 is 3.00 bits per heavy atom. The molecule has 0 saturated heterocycles. The van der Waals surface area contributed by atoms with Crippen LogP contribution in [0.5, 0.6) is 0 Å². The average Bonchev–Trinajstić information content (AvgIpc) is 2.81. The number of aryl methyl sites for hydroxylation is 1. The minimum Gasteiger partial charge on any atom is -0.389 e. The van der Waals surface area contributed by atoms with Crippen molar-refractivity contribution in [3.63, 3.8) is 0 Å².